The van der Waals surface area contributed by atoms with Gasteiger partial charge in [-0.2, -0.15) is 10.2 Å². The highest BCUT2D eigenvalue weighted by Gasteiger charge is 2.46. The van der Waals surface area contributed by atoms with Gasteiger partial charge in [-0.15, -0.1) is 0 Å². The van der Waals surface area contributed by atoms with E-state index in [-0.39, 0.29) is 5.82 Å². The summed E-state index contributed by atoms with van der Waals surface area (Å²) in [6, 6.07) is 5.89. The van der Waals surface area contributed by atoms with Crippen LogP contribution in [0.15, 0.2) is 30.6 Å². The maximum Gasteiger partial charge on any atom is 0.156 e. The van der Waals surface area contributed by atoms with Gasteiger partial charge >= 0.3 is 0 Å². The fraction of sp³-hybridized carbons (Fsp3) is 0.480. The molecule has 2 aliphatic rings. The zero-order chi connectivity index (χ0) is 22.0. The van der Waals surface area contributed by atoms with Gasteiger partial charge in [0.1, 0.15) is 5.52 Å². The van der Waals surface area contributed by atoms with Crippen molar-refractivity contribution in [3.63, 3.8) is 0 Å². The molecule has 0 radical (unpaired) electrons. The molecule has 1 aliphatic heterocycles. The summed E-state index contributed by atoms with van der Waals surface area (Å²) in [5.74, 6) is -0.290. The fourth-order valence-corrected chi connectivity index (χ4v) is 5.87. The number of likely N-dealkylation sites (tertiary alicyclic amines) is 1. The smallest absolute Gasteiger partial charge is 0.156 e. The second-order valence-electron chi connectivity index (χ2n) is 9.67. The molecule has 1 saturated carbocycles. The van der Waals surface area contributed by atoms with Crippen molar-refractivity contribution < 1.29 is 4.39 Å². The van der Waals surface area contributed by atoms with Crippen molar-refractivity contribution in [2.75, 3.05) is 13.1 Å². The number of piperidine rings is 1. The molecule has 6 rings (SSSR count). The number of halogens is 1. The average Bonchev–Trinajstić information content (AvgIpc) is 3.35. The Hall–Kier alpha value is -2.80. The SMILES string of the molecule is CCN1CC[C@H](n2cc3cc(-c4cc(C)c5nc(C)cn5n4)cc(F)c3n2)CC12CCC2. The van der Waals surface area contributed by atoms with Crippen LogP contribution in [0.4, 0.5) is 4.39 Å². The van der Waals surface area contributed by atoms with Gasteiger partial charge in [0, 0.05) is 29.2 Å². The predicted octanol–water partition coefficient (Wildman–Crippen LogP) is 5.08. The minimum absolute atomic E-state index is 0.290. The lowest BCUT2D eigenvalue weighted by atomic mass is 9.69. The first-order valence-electron chi connectivity index (χ1n) is 11.7. The van der Waals surface area contributed by atoms with Crippen LogP contribution in [0.1, 0.15) is 56.3 Å². The first-order valence-corrected chi connectivity index (χ1v) is 11.7. The van der Waals surface area contributed by atoms with Crippen molar-refractivity contribution >= 4 is 16.6 Å². The number of hydrogen-bond acceptors (Lipinski definition) is 4. The predicted molar refractivity (Wildman–Crippen MR) is 123 cm³/mol. The largest absolute Gasteiger partial charge is 0.298 e. The second kappa shape index (κ2) is 7.10. The number of aromatic nitrogens is 5. The quantitative estimate of drug-likeness (QED) is 0.453. The Morgan fingerprint density at radius 1 is 1.12 bits per heavy atom. The molecule has 4 aromatic rings. The van der Waals surface area contributed by atoms with Crippen molar-refractivity contribution in [2.45, 2.75) is 64.5 Å². The zero-order valence-corrected chi connectivity index (χ0v) is 19.0. The molecule has 1 aliphatic carbocycles. The number of benzene rings is 1. The molecule has 1 saturated heterocycles. The topological polar surface area (TPSA) is 51.2 Å². The van der Waals surface area contributed by atoms with Crippen LogP contribution in [0.5, 0.6) is 0 Å². The molecule has 0 N–H and O–H groups in total. The summed E-state index contributed by atoms with van der Waals surface area (Å²) in [7, 11) is 0. The second-order valence-corrected chi connectivity index (χ2v) is 9.67. The molecule has 0 bridgehead atoms. The lowest BCUT2D eigenvalue weighted by Gasteiger charge is -2.55. The van der Waals surface area contributed by atoms with E-state index in [4.69, 9.17) is 5.10 Å². The summed E-state index contributed by atoms with van der Waals surface area (Å²) in [6.45, 7) is 8.43. The highest BCUT2D eigenvalue weighted by Crippen LogP contribution is 2.47. The summed E-state index contributed by atoms with van der Waals surface area (Å²) in [6.07, 6.45) is 9.98. The maximum atomic E-state index is 15.1. The number of aryl methyl sites for hydroxylation is 2. The van der Waals surface area contributed by atoms with E-state index in [0.29, 0.717) is 17.1 Å². The van der Waals surface area contributed by atoms with Gasteiger partial charge in [0.2, 0.25) is 0 Å². The number of imidazole rings is 1. The van der Waals surface area contributed by atoms with Crippen LogP contribution in [-0.4, -0.2) is 47.9 Å². The third-order valence-electron chi connectivity index (χ3n) is 7.66. The number of rotatable bonds is 3. The third-order valence-corrected chi connectivity index (χ3v) is 7.66. The van der Waals surface area contributed by atoms with Crippen LogP contribution < -0.4 is 0 Å². The summed E-state index contributed by atoms with van der Waals surface area (Å²) < 4.78 is 19.0. The first kappa shape index (κ1) is 19.9. The summed E-state index contributed by atoms with van der Waals surface area (Å²) in [4.78, 5) is 7.16. The molecule has 166 valence electrons. The van der Waals surface area contributed by atoms with Gasteiger partial charge in [0.05, 0.1) is 23.6 Å². The van der Waals surface area contributed by atoms with E-state index in [1.807, 2.05) is 43.1 Å². The molecule has 1 atom stereocenters. The molecule has 4 heterocycles. The van der Waals surface area contributed by atoms with Gasteiger partial charge in [-0.3, -0.25) is 9.58 Å². The first-order chi connectivity index (χ1) is 15.5. The molecular weight excluding hydrogens is 403 g/mol. The van der Waals surface area contributed by atoms with E-state index in [2.05, 4.69) is 21.9 Å². The Kier molecular flexibility index (Phi) is 4.41. The van der Waals surface area contributed by atoms with Crippen LogP contribution in [0.2, 0.25) is 0 Å². The van der Waals surface area contributed by atoms with Crippen molar-refractivity contribution in [3.05, 3.63) is 47.7 Å². The van der Waals surface area contributed by atoms with Gasteiger partial charge < -0.3 is 0 Å². The van der Waals surface area contributed by atoms with Crippen molar-refractivity contribution in [2.24, 2.45) is 0 Å². The summed E-state index contributed by atoms with van der Waals surface area (Å²) >= 11 is 0. The number of hydrogen-bond donors (Lipinski definition) is 0. The molecule has 2 fully saturated rings. The normalized spacial score (nSPS) is 20.9. The Balaban J connectivity index is 1.37. The number of fused-ring (bicyclic) bond motifs is 2. The van der Waals surface area contributed by atoms with E-state index in [1.54, 1.807) is 10.6 Å². The minimum atomic E-state index is -0.290. The van der Waals surface area contributed by atoms with Crippen LogP contribution in [0.25, 0.3) is 27.8 Å². The standard InChI is InChI=1S/C25H29FN6/c1-4-30-9-6-20(13-25(30)7-5-8-25)31-15-19-11-18(12-21(26)23(19)29-31)22-10-16(2)24-27-17(3)14-32(24)28-22/h10-12,14-15,20H,4-9,13H2,1-3H3/t20-/m0/s1. The highest BCUT2D eigenvalue weighted by atomic mass is 19.1. The van der Waals surface area contributed by atoms with Crippen LogP contribution >= 0.6 is 0 Å². The molecule has 32 heavy (non-hydrogen) atoms. The molecule has 0 amide bonds. The Morgan fingerprint density at radius 3 is 2.72 bits per heavy atom. The van der Waals surface area contributed by atoms with E-state index in [1.165, 1.54) is 19.3 Å². The van der Waals surface area contributed by atoms with Crippen molar-refractivity contribution in [1.29, 1.82) is 0 Å². The van der Waals surface area contributed by atoms with Crippen molar-refractivity contribution in [3.8, 4) is 11.3 Å². The molecule has 3 aromatic heterocycles. The maximum absolute atomic E-state index is 15.1. The molecule has 1 spiro atoms. The Labute approximate surface area is 187 Å². The summed E-state index contributed by atoms with van der Waals surface area (Å²) in [5, 5.41) is 10.2. The van der Waals surface area contributed by atoms with E-state index >= 15 is 4.39 Å². The lowest BCUT2D eigenvalue weighted by Crippen LogP contribution is -2.58. The molecule has 6 nitrogen and oxygen atoms in total. The molecule has 7 heteroatoms. The van der Waals surface area contributed by atoms with Crippen LogP contribution in [0.3, 0.4) is 0 Å². The zero-order valence-electron chi connectivity index (χ0n) is 19.0. The fourth-order valence-electron chi connectivity index (χ4n) is 5.87. The minimum Gasteiger partial charge on any atom is -0.298 e. The Morgan fingerprint density at radius 2 is 1.97 bits per heavy atom. The Bertz CT molecular complexity index is 1330. The molecule has 0 unspecified atom stereocenters. The van der Waals surface area contributed by atoms with E-state index in [9.17, 15) is 0 Å². The average molecular weight is 433 g/mol. The van der Waals surface area contributed by atoms with Gasteiger partial charge in [-0.05, 0) is 76.3 Å². The highest BCUT2D eigenvalue weighted by molar-refractivity contribution is 5.84. The van der Waals surface area contributed by atoms with Crippen molar-refractivity contribution in [1.82, 2.24) is 29.3 Å². The van der Waals surface area contributed by atoms with Gasteiger partial charge in [0.15, 0.2) is 11.5 Å². The third kappa shape index (κ3) is 2.98. The van der Waals surface area contributed by atoms with Gasteiger partial charge in [-0.25, -0.2) is 13.9 Å². The molecular formula is C25H29FN6. The van der Waals surface area contributed by atoms with Crippen LogP contribution in [-0.2, 0) is 0 Å². The summed E-state index contributed by atoms with van der Waals surface area (Å²) in [5.41, 5.74) is 5.06. The van der Waals surface area contributed by atoms with Gasteiger partial charge in [-0.1, -0.05) is 6.92 Å². The van der Waals surface area contributed by atoms with E-state index in [0.717, 1.165) is 59.5 Å². The monoisotopic (exact) mass is 432 g/mol. The molecule has 1 aromatic carbocycles. The number of nitrogens with zero attached hydrogens (tertiary/aromatic N) is 6. The van der Waals surface area contributed by atoms with Crippen LogP contribution in [0, 0.1) is 19.7 Å². The van der Waals surface area contributed by atoms with Gasteiger partial charge in [0.25, 0.3) is 0 Å². The lowest BCUT2D eigenvalue weighted by molar-refractivity contribution is -0.0330. The van der Waals surface area contributed by atoms with E-state index < -0.39 is 0 Å².